The summed E-state index contributed by atoms with van der Waals surface area (Å²) in [6, 6.07) is 4.46. The molecular formula is C22H28BCl2NO7. The van der Waals surface area contributed by atoms with Gasteiger partial charge in [-0.25, -0.2) is 4.79 Å². The van der Waals surface area contributed by atoms with Gasteiger partial charge >= 0.3 is 13.1 Å². The molecule has 0 saturated carbocycles. The van der Waals surface area contributed by atoms with Crippen LogP contribution in [0.2, 0.25) is 15.9 Å². The predicted octanol–water partition coefficient (Wildman–Crippen LogP) is 3.87. The summed E-state index contributed by atoms with van der Waals surface area (Å²) < 4.78 is 16.2. The van der Waals surface area contributed by atoms with Crippen LogP contribution in [-0.4, -0.2) is 49.5 Å². The molecule has 2 atom stereocenters. The highest BCUT2D eigenvalue weighted by atomic mass is 35.5. The van der Waals surface area contributed by atoms with Crippen LogP contribution in [0.15, 0.2) is 18.2 Å². The summed E-state index contributed by atoms with van der Waals surface area (Å²) in [5.41, 5.74) is 0.159. The lowest BCUT2D eigenvalue weighted by atomic mass is 9.64. The second-order valence-corrected chi connectivity index (χ2v) is 9.46. The van der Waals surface area contributed by atoms with Gasteiger partial charge in [0.25, 0.3) is 11.9 Å². The summed E-state index contributed by atoms with van der Waals surface area (Å²) in [5.74, 6) is -2.41. The van der Waals surface area contributed by atoms with Gasteiger partial charge in [-0.1, -0.05) is 37.0 Å². The van der Waals surface area contributed by atoms with Gasteiger partial charge in [0.1, 0.15) is 0 Å². The minimum absolute atomic E-state index is 0.0222. The molecule has 1 aliphatic heterocycles. The Bertz CT molecular complexity index is 893. The summed E-state index contributed by atoms with van der Waals surface area (Å²) in [7, 11) is -1.07. The normalized spacial score (nSPS) is 17.0. The Morgan fingerprint density at radius 3 is 2.55 bits per heavy atom. The summed E-state index contributed by atoms with van der Waals surface area (Å²) in [6.45, 7) is 7.05. The van der Waals surface area contributed by atoms with E-state index in [-0.39, 0.29) is 47.8 Å². The number of hydrogen-bond donors (Lipinski definition) is 1. The van der Waals surface area contributed by atoms with Crippen molar-refractivity contribution in [3.05, 3.63) is 33.8 Å². The molecule has 0 aromatic heterocycles. The monoisotopic (exact) mass is 499 g/mol. The highest BCUT2D eigenvalue weighted by molar-refractivity contribution is 6.50. The fraction of sp³-hybridized carbons (Fsp3) is 0.545. The lowest BCUT2D eigenvalue weighted by Gasteiger charge is -2.31. The van der Waals surface area contributed by atoms with E-state index in [0.717, 1.165) is 0 Å². The molecule has 0 aliphatic carbocycles. The van der Waals surface area contributed by atoms with E-state index in [9.17, 15) is 19.2 Å². The highest BCUT2D eigenvalue weighted by Gasteiger charge is 2.44. The average molecular weight is 500 g/mol. The minimum atomic E-state index is -1.09. The zero-order valence-electron chi connectivity index (χ0n) is 19.1. The summed E-state index contributed by atoms with van der Waals surface area (Å²) >= 11 is 11.9. The van der Waals surface area contributed by atoms with Gasteiger partial charge in [0.15, 0.2) is 11.9 Å². The van der Waals surface area contributed by atoms with Crippen molar-refractivity contribution in [2.24, 2.45) is 5.92 Å². The number of carbonyl (C=O) groups excluding carboxylic acids is 4. The van der Waals surface area contributed by atoms with Crippen LogP contribution < -0.4 is 5.32 Å². The van der Waals surface area contributed by atoms with Crippen LogP contribution in [0, 0.1) is 5.92 Å². The van der Waals surface area contributed by atoms with Crippen LogP contribution in [0.5, 0.6) is 0 Å². The van der Waals surface area contributed by atoms with Crippen molar-refractivity contribution in [2.45, 2.75) is 65.0 Å². The average Bonchev–Trinajstić information content (AvgIpc) is 2.72. The third-order valence-corrected chi connectivity index (χ3v) is 5.35. The number of ketones is 1. The first-order valence-electron chi connectivity index (χ1n) is 10.8. The Morgan fingerprint density at radius 2 is 1.91 bits per heavy atom. The van der Waals surface area contributed by atoms with E-state index in [0.29, 0.717) is 11.4 Å². The van der Waals surface area contributed by atoms with Crippen molar-refractivity contribution in [3.8, 4) is 0 Å². The Labute approximate surface area is 203 Å². The second kappa shape index (κ2) is 12.4. The van der Waals surface area contributed by atoms with Crippen LogP contribution >= 0.6 is 23.2 Å². The topological polar surface area (TPSA) is 108 Å². The molecule has 0 bridgehead atoms. The first-order valence-corrected chi connectivity index (χ1v) is 11.5. The molecule has 1 amide bonds. The van der Waals surface area contributed by atoms with Gasteiger partial charge in [-0.05, 0) is 44.4 Å². The van der Waals surface area contributed by atoms with Gasteiger partial charge in [-0.15, -0.1) is 0 Å². The first-order chi connectivity index (χ1) is 15.5. The molecule has 180 valence electrons. The predicted molar refractivity (Wildman–Crippen MR) is 124 cm³/mol. The number of benzene rings is 1. The maximum absolute atomic E-state index is 12.6. The van der Waals surface area contributed by atoms with Gasteiger partial charge in [-0.2, -0.15) is 0 Å². The molecule has 1 aliphatic rings. The van der Waals surface area contributed by atoms with Gasteiger partial charge in [0.05, 0.1) is 29.7 Å². The summed E-state index contributed by atoms with van der Waals surface area (Å²) in [5, 5.41) is 3.09. The van der Waals surface area contributed by atoms with Crippen molar-refractivity contribution in [3.63, 3.8) is 0 Å². The molecule has 8 nitrogen and oxygen atoms in total. The third-order valence-electron chi connectivity index (χ3n) is 4.78. The van der Waals surface area contributed by atoms with Crippen LogP contribution in [0.25, 0.3) is 0 Å². The Morgan fingerprint density at radius 1 is 1.21 bits per heavy atom. The molecule has 1 fully saturated rings. The number of Topliss-reactive ketones (excluding diaryl/α,β-unsaturated/α-hetero) is 1. The van der Waals surface area contributed by atoms with Gasteiger partial charge in [-0.3, -0.25) is 14.4 Å². The molecule has 0 unspecified atom stereocenters. The lowest BCUT2D eigenvalue weighted by molar-refractivity contribution is -0.165. The number of hydrogen-bond acceptors (Lipinski definition) is 7. The number of rotatable bonds is 10. The Hall–Kier alpha value is -2.10. The van der Waals surface area contributed by atoms with E-state index in [1.807, 2.05) is 13.8 Å². The Balaban J connectivity index is 2.03. The molecule has 1 aromatic carbocycles. The molecule has 0 radical (unpaired) electrons. The molecule has 11 heteroatoms. The van der Waals surface area contributed by atoms with Crippen molar-refractivity contribution in [1.82, 2.24) is 5.32 Å². The number of amides is 1. The van der Waals surface area contributed by atoms with Crippen LogP contribution in [-0.2, 0) is 28.4 Å². The van der Waals surface area contributed by atoms with E-state index in [4.69, 9.17) is 37.2 Å². The SMILES string of the molecule is CC(C)C[C@H](CC(=O)CNC(=O)c1cc(Cl)ccc1Cl)B1OC(=O)C[C@@H](C(=O)OC(C)C)O1. The fourth-order valence-electron chi connectivity index (χ4n) is 3.43. The maximum atomic E-state index is 12.6. The van der Waals surface area contributed by atoms with E-state index in [2.05, 4.69) is 5.32 Å². The number of carbonyl (C=O) groups is 4. The van der Waals surface area contributed by atoms with Gasteiger partial charge in [0.2, 0.25) is 0 Å². The zero-order chi connectivity index (χ0) is 24.7. The van der Waals surface area contributed by atoms with Crippen LogP contribution in [0.3, 0.4) is 0 Å². The maximum Gasteiger partial charge on any atom is 0.531 e. The number of ether oxygens (including phenoxy) is 1. The minimum Gasteiger partial charge on any atom is -0.509 e. The van der Waals surface area contributed by atoms with E-state index >= 15 is 0 Å². The smallest absolute Gasteiger partial charge is 0.509 e. The standard InChI is InChI=1S/C22H28BCl2NO7/c1-12(2)7-14(23-32-19(10-20(28)33-23)22(30)31-13(3)4)8-16(27)11-26-21(29)17-9-15(24)5-6-18(17)25/h5-6,9,12-14,19H,7-8,10-11H2,1-4H3,(H,26,29)/t14-,19+/m1/s1. The Kier molecular flexibility index (Phi) is 10.2. The van der Waals surface area contributed by atoms with Crippen molar-refractivity contribution >= 4 is 53.9 Å². The van der Waals surface area contributed by atoms with Crippen LogP contribution in [0.1, 0.15) is 57.3 Å². The highest BCUT2D eigenvalue weighted by Crippen LogP contribution is 2.30. The second-order valence-electron chi connectivity index (χ2n) is 8.61. The fourth-order valence-corrected chi connectivity index (χ4v) is 3.80. The first kappa shape index (κ1) is 27.2. The molecule has 1 aromatic rings. The summed E-state index contributed by atoms with van der Waals surface area (Å²) in [4.78, 5) is 49.4. The molecule has 33 heavy (non-hydrogen) atoms. The zero-order valence-corrected chi connectivity index (χ0v) is 20.6. The molecule has 1 N–H and O–H groups in total. The van der Waals surface area contributed by atoms with Crippen molar-refractivity contribution in [2.75, 3.05) is 6.54 Å². The van der Waals surface area contributed by atoms with Crippen molar-refractivity contribution < 1.29 is 33.2 Å². The van der Waals surface area contributed by atoms with Gasteiger partial charge < -0.3 is 19.4 Å². The van der Waals surface area contributed by atoms with Crippen LogP contribution in [0.4, 0.5) is 0 Å². The van der Waals surface area contributed by atoms with Crippen molar-refractivity contribution in [1.29, 1.82) is 0 Å². The molecule has 1 heterocycles. The number of halogens is 2. The van der Waals surface area contributed by atoms with E-state index in [1.54, 1.807) is 19.9 Å². The van der Waals surface area contributed by atoms with Gasteiger partial charge in [0, 0.05) is 17.3 Å². The molecule has 2 rings (SSSR count). The molecule has 1 saturated heterocycles. The number of esters is 1. The number of nitrogens with one attached hydrogen (secondary N) is 1. The quantitative estimate of drug-likeness (QED) is 0.384. The lowest BCUT2D eigenvalue weighted by Crippen LogP contribution is -2.47. The van der Waals surface area contributed by atoms with E-state index < -0.39 is 36.9 Å². The summed E-state index contributed by atoms with van der Waals surface area (Å²) in [6.07, 6.45) is -1.22. The molecular weight excluding hydrogens is 472 g/mol. The largest absolute Gasteiger partial charge is 0.531 e. The van der Waals surface area contributed by atoms with E-state index in [1.165, 1.54) is 12.1 Å². The third kappa shape index (κ3) is 8.64. The molecule has 0 spiro atoms.